The van der Waals surface area contributed by atoms with Gasteiger partial charge in [0.25, 0.3) is 0 Å². The molecule has 6 N–H and O–H groups in total. The first-order valence-corrected chi connectivity index (χ1v) is 12.8. The highest BCUT2D eigenvalue weighted by molar-refractivity contribution is 8.00. The van der Waals surface area contributed by atoms with Crippen LogP contribution in [0.15, 0.2) is 23.3 Å². The number of amides is 4. The van der Waals surface area contributed by atoms with Crippen LogP contribution in [0, 0.1) is 0 Å². The van der Waals surface area contributed by atoms with Crippen LogP contribution in [-0.4, -0.2) is 63.9 Å². The quantitative estimate of drug-likeness (QED) is 0.0816. The number of nitrogens with one attached hydrogen (secondary N) is 4. The predicted molar refractivity (Wildman–Crippen MR) is 131 cm³/mol. The van der Waals surface area contributed by atoms with Gasteiger partial charge >= 0.3 is 6.03 Å². The first-order valence-electron chi connectivity index (χ1n) is 11.7. The molecule has 186 valence electrons. The van der Waals surface area contributed by atoms with Gasteiger partial charge in [-0.25, -0.2) is 10.2 Å². The number of hydrogen-bond donors (Lipinski definition) is 6. The molecule has 0 unspecified atom stereocenters. The maximum atomic E-state index is 12.0. The number of hydrazone groups is 1. The summed E-state index contributed by atoms with van der Waals surface area (Å²) < 4.78 is 0. The van der Waals surface area contributed by atoms with Crippen molar-refractivity contribution >= 4 is 35.8 Å². The van der Waals surface area contributed by atoms with Crippen molar-refractivity contribution in [1.82, 2.24) is 21.4 Å². The highest BCUT2D eigenvalue weighted by Gasteiger charge is 2.42. The van der Waals surface area contributed by atoms with Gasteiger partial charge in [0.1, 0.15) is 0 Å². The molecular weight excluding hydrogens is 458 g/mol. The number of fused-ring (bicyclic) bond motifs is 1. The number of aromatic hydroxyl groups is 2. The Balaban J connectivity index is 1.15. The first kappa shape index (κ1) is 25.7. The van der Waals surface area contributed by atoms with Gasteiger partial charge in [0.15, 0.2) is 11.5 Å². The Kier molecular flexibility index (Phi) is 9.87. The molecule has 2 fully saturated rings. The van der Waals surface area contributed by atoms with E-state index >= 15 is 0 Å². The molecule has 11 heteroatoms. The number of carbonyl (C=O) groups is 3. The molecule has 2 saturated heterocycles. The van der Waals surface area contributed by atoms with Gasteiger partial charge < -0.3 is 26.2 Å². The third-order valence-electron chi connectivity index (χ3n) is 5.89. The van der Waals surface area contributed by atoms with Gasteiger partial charge in [-0.05, 0) is 49.4 Å². The standard InChI is InChI=1S/C23H33N5O5S/c29-17-10-9-15(12-18(17)30)13-25-28-21(32)8-2-1-5-11-24-20(31)7-4-3-6-19-22-16(14-34-19)26-23(33)27-22/h9-10,12-13,16,19,22,29-30H,1-8,11,14H2,(H,24,31)(H,28,32)(H2,26,27,33)/t16-,19-,22-/m0/s1. The van der Waals surface area contributed by atoms with Gasteiger partial charge in [-0.1, -0.05) is 12.8 Å². The molecule has 2 aliphatic rings. The van der Waals surface area contributed by atoms with Crippen molar-refractivity contribution in [2.24, 2.45) is 5.10 Å². The van der Waals surface area contributed by atoms with Crippen LogP contribution >= 0.6 is 11.8 Å². The minimum Gasteiger partial charge on any atom is -0.504 e. The van der Waals surface area contributed by atoms with Gasteiger partial charge in [0.2, 0.25) is 11.8 Å². The molecule has 0 radical (unpaired) electrons. The fourth-order valence-electron chi connectivity index (χ4n) is 4.03. The number of phenols is 2. The van der Waals surface area contributed by atoms with Gasteiger partial charge in [-0.15, -0.1) is 0 Å². The highest BCUT2D eigenvalue weighted by atomic mass is 32.2. The Labute approximate surface area is 203 Å². The monoisotopic (exact) mass is 491 g/mol. The number of urea groups is 1. The lowest BCUT2D eigenvalue weighted by atomic mass is 10.0. The highest BCUT2D eigenvalue weighted by Crippen LogP contribution is 2.33. The minimum atomic E-state index is -0.249. The summed E-state index contributed by atoms with van der Waals surface area (Å²) in [6, 6.07) is 4.64. The van der Waals surface area contributed by atoms with Gasteiger partial charge in [0.05, 0.1) is 18.3 Å². The van der Waals surface area contributed by atoms with Crippen LogP contribution in [0.5, 0.6) is 11.5 Å². The van der Waals surface area contributed by atoms with Crippen LogP contribution in [0.25, 0.3) is 0 Å². The first-order chi connectivity index (χ1) is 16.4. The fourth-order valence-corrected chi connectivity index (χ4v) is 5.58. The van der Waals surface area contributed by atoms with Crippen molar-refractivity contribution in [1.29, 1.82) is 0 Å². The number of thioether (sulfide) groups is 1. The smallest absolute Gasteiger partial charge is 0.315 e. The number of carbonyl (C=O) groups excluding carboxylic acids is 3. The van der Waals surface area contributed by atoms with Crippen molar-refractivity contribution in [3.05, 3.63) is 23.8 Å². The number of hydrogen-bond acceptors (Lipinski definition) is 7. The Morgan fingerprint density at radius 2 is 1.85 bits per heavy atom. The van der Waals surface area contributed by atoms with E-state index in [1.165, 1.54) is 18.3 Å². The molecule has 1 aromatic rings. The van der Waals surface area contributed by atoms with Crippen LogP contribution in [0.4, 0.5) is 4.79 Å². The number of phenolic OH excluding ortho intramolecular Hbond substituents is 2. The summed E-state index contributed by atoms with van der Waals surface area (Å²) in [7, 11) is 0. The fraction of sp³-hybridized carbons (Fsp3) is 0.565. The van der Waals surface area contributed by atoms with E-state index in [1.54, 1.807) is 6.07 Å². The Hall–Kier alpha value is -2.95. The molecule has 3 atom stereocenters. The zero-order chi connectivity index (χ0) is 24.3. The van der Waals surface area contributed by atoms with E-state index in [0.29, 0.717) is 36.6 Å². The van der Waals surface area contributed by atoms with Gasteiger partial charge in [-0.3, -0.25) is 9.59 Å². The molecule has 0 bridgehead atoms. The summed E-state index contributed by atoms with van der Waals surface area (Å²) in [5.74, 6) is 0.340. The third-order valence-corrected chi connectivity index (χ3v) is 7.39. The lowest BCUT2D eigenvalue weighted by molar-refractivity contribution is -0.122. The average Bonchev–Trinajstić information content (AvgIpc) is 3.35. The van der Waals surface area contributed by atoms with Crippen LogP contribution in [0.1, 0.15) is 56.9 Å². The molecule has 10 nitrogen and oxygen atoms in total. The SMILES string of the molecule is O=C(CCCC[C@@H]1SC[C@@H]2NC(=O)N[C@@H]21)NCCCCCC(=O)NN=Cc1ccc(O)c(O)c1. The molecule has 1 aromatic carbocycles. The third kappa shape index (κ3) is 8.12. The molecule has 2 heterocycles. The lowest BCUT2D eigenvalue weighted by Gasteiger charge is -2.16. The molecule has 2 aliphatic heterocycles. The van der Waals surface area contributed by atoms with Crippen molar-refractivity contribution < 1.29 is 24.6 Å². The van der Waals surface area contributed by atoms with Crippen LogP contribution in [-0.2, 0) is 9.59 Å². The van der Waals surface area contributed by atoms with E-state index in [9.17, 15) is 24.6 Å². The number of benzene rings is 1. The lowest BCUT2D eigenvalue weighted by Crippen LogP contribution is -2.36. The summed E-state index contributed by atoms with van der Waals surface area (Å²) >= 11 is 1.89. The summed E-state index contributed by atoms with van der Waals surface area (Å²) in [4.78, 5) is 35.2. The number of nitrogens with zero attached hydrogens (tertiary/aromatic N) is 1. The van der Waals surface area contributed by atoms with E-state index in [4.69, 9.17) is 0 Å². The molecule has 34 heavy (non-hydrogen) atoms. The van der Waals surface area contributed by atoms with Gasteiger partial charge in [0, 0.05) is 30.4 Å². The summed E-state index contributed by atoms with van der Waals surface area (Å²) in [6.45, 7) is 0.600. The topological polar surface area (TPSA) is 152 Å². The van der Waals surface area contributed by atoms with Crippen molar-refractivity contribution in [2.75, 3.05) is 12.3 Å². The summed E-state index contributed by atoms with van der Waals surface area (Å²) in [5, 5.41) is 31.8. The van der Waals surface area contributed by atoms with Crippen LogP contribution in [0.2, 0.25) is 0 Å². The van der Waals surface area contributed by atoms with Crippen LogP contribution < -0.4 is 21.4 Å². The molecule has 0 aromatic heterocycles. The van der Waals surface area contributed by atoms with Crippen molar-refractivity contribution in [3.63, 3.8) is 0 Å². The second-order valence-electron chi connectivity index (χ2n) is 8.57. The number of rotatable bonds is 13. The molecule has 3 rings (SSSR count). The molecule has 4 amide bonds. The van der Waals surface area contributed by atoms with E-state index in [1.807, 2.05) is 11.8 Å². The van der Waals surface area contributed by atoms with Gasteiger partial charge in [-0.2, -0.15) is 16.9 Å². The number of unbranched alkanes of at least 4 members (excludes halogenated alkanes) is 3. The normalized spacial score (nSPS) is 21.2. The van der Waals surface area contributed by atoms with E-state index in [0.717, 1.165) is 37.9 Å². The largest absolute Gasteiger partial charge is 0.504 e. The predicted octanol–water partition coefficient (Wildman–Crippen LogP) is 1.95. The summed E-state index contributed by atoms with van der Waals surface area (Å²) in [6.07, 6.45) is 7.38. The maximum absolute atomic E-state index is 12.0. The molecule has 0 saturated carbocycles. The summed E-state index contributed by atoms with van der Waals surface area (Å²) in [5.41, 5.74) is 2.98. The van der Waals surface area contributed by atoms with E-state index < -0.39 is 0 Å². The van der Waals surface area contributed by atoms with Crippen molar-refractivity contribution in [2.45, 2.75) is 68.7 Å². The Bertz CT molecular complexity index is 897. The second-order valence-corrected chi connectivity index (χ2v) is 9.84. The van der Waals surface area contributed by atoms with Crippen molar-refractivity contribution in [3.8, 4) is 11.5 Å². The zero-order valence-corrected chi connectivity index (χ0v) is 19.9. The maximum Gasteiger partial charge on any atom is 0.315 e. The zero-order valence-electron chi connectivity index (χ0n) is 19.1. The van der Waals surface area contributed by atoms with Crippen LogP contribution in [0.3, 0.4) is 0 Å². The molecule has 0 aliphatic carbocycles. The minimum absolute atomic E-state index is 0.0557. The molecular formula is C23H33N5O5S. The Morgan fingerprint density at radius 3 is 2.68 bits per heavy atom. The molecule has 0 spiro atoms. The second kappa shape index (κ2) is 13.1. The average molecular weight is 492 g/mol. The Morgan fingerprint density at radius 1 is 1.06 bits per heavy atom. The van der Waals surface area contributed by atoms with E-state index in [2.05, 4.69) is 26.5 Å². The van der Waals surface area contributed by atoms with E-state index in [-0.39, 0.29) is 41.4 Å².